The van der Waals surface area contributed by atoms with Crippen molar-refractivity contribution in [1.82, 2.24) is 4.98 Å². The summed E-state index contributed by atoms with van der Waals surface area (Å²) in [5, 5.41) is 1.21. The first-order valence-corrected chi connectivity index (χ1v) is 6.16. The predicted octanol–water partition coefficient (Wildman–Crippen LogP) is 2.19. The number of nitrogens with one attached hydrogen (secondary N) is 1. The van der Waals surface area contributed by atoms with Gasteiger partial charge in [-0.3, -0.25) is 4.79 Å². The van der Waals surface area contributed by atoms with Gasteiger partial charge in [0.25, 0.3) is 0 Å². The topological polar surface area (TPSA) is 58.9 Å². The third-order valence-electron chi connectivity index (χ3n) is 3.61. The second-order valence-corrected chi connectivity index (χ2v) is 4.68. The van der Waals surface area contributed by atoms with Crippen LogP contribution < -0.4 is 5.73 Å². The minimum Gasteiger partial charge on any atom is -0.358 e. The lowest BCUT2D eigenvalue weighted by molar-refractivity contribution is 0.100. The van der Waals surface area contributed by atoms with Gasteiger partial charge in [0.2, 0.25) is 0 Å². The molecule has 0 fully saturated rings. The highest BCUT2D eigenvalue weighted by molar-refractivity contribution is 6.01. The third kappa shape index (κ3) is 1.67. The second kappa shape index (κ2) is 4.00. The summed E-state index contributed by atoms with van der Waals surface area (Å²) >= 11 is 0. The van der Waals surface area contributed by atoms with Crippen LogP contribution in [0, 0.1) is 0 Å². The van der Waals surface area contributed by atoms with E-state index in [-0.39, 0.29) is 12.3 Å². The van der Waals surface area contributed by atoms with Crippen molar-refractivity contribution in [2.24, 2.45) is 5.73 Å². The van der Waals surface area contributed by atoms with Crippen LogP contribution in [0.25, 0.3) is 10.9 Å². The number of rotatable bonds is 2. The van der Waals surface area contributed by atoms with E-state index in [1.54, 1.807) is 0 Å². The Labute approximate surface area is 100 Å². The van der Waals surface area contributed by atoms with E-state index in [4.69, 9.17) is 5.73 Å². The molecule has 0 spiro atoms. The summed E-state index contributed by atoms with van der Waals surface area (Å²) in [7, 11) is 0. The molecule has 3 rings (SSSR count). The minimum atomic E-state index is 0.0117. The van der Waals surface area contributed by atoms with E-state index in [1.165, 1.54) is 29.5 Å². The predicted molar refractivity (Wildman–Crippen MR) is 68.3 cm³/mol. The van der Waals surface area contributed by atoms with E-state index in [2.05, 4.69) is 4.98 Å². The largest absolute Gasteiger partial charge is 0.358 e. The van der Waals surface area contributed by atoms with Gasteiger partial charge >= 0.3 is 0 Å². The normalized spacial score (nSPS) is 14.9. The molecule has 17 heavy (non-hydrogen) atoms. The van der Waals surface area contributed by atoms with Crippen molar-refractivity contribution in [2.75, 3.05) is 6.54 Å². The maximum atomic E-state index is 11.6. The van der Waals surface area contributed by atoms with E-state index in [0.29, 0.717) is 0 Å². The molecule has 1 aliphatic carbocycles. The quantitative estimate of drug-likeness (QED) is 0.774. The molecule has 3 N–H and O–H groups in total. The number of hydrogen-bond acceptors (Lipinski definition) is 2. The van der Waals surface area contributed by atoms with Crippen LogP contribution in [0.2, 0.25) is 0 Å². The molecule has 1 aromatic heterocycles. The lowest BCUT2D eigenvalue weighted by atomic mass is 9.95. The molecule has 1 heterocycles. The van der Waals surface area contributed by atoms with Gasteiger partial charge in [0.15, 0.2) is 5.78 Å². The fourth-order valence-corrected chi connectivity index (χ4v) is 2.70. The van der Waals surface area contributed by atoms with Gasteiger partial charge in [0.05, 0.1) is 6.54 Å². The highest BCUT2D eigenvalue weighted by Crippen LogP contribution is 2.29. The molecule has 0 bridgehead atoms. The molecular formula is C14H16N2O. The molecule has 2 aromatic rings. The number of benzene rings is 1. The molecule has 0 unspecified atom stereocenters. The Kier molecular flexibility index (Phi) is 2.48. The molecule has 0 saturated carbocycles. The molecular weight excluding hydrogens is 212 g/mol. The van der Waals surface area contributed by atoms with Gasteiger partial charge in [0, 0.05) is 22.2 Å². The SMILES string of the molecule is NCC(=O)c1ccc2[nH]c3c(c2c1)CCCC3. The van der Waals surface area contributed by atoms with E-state index in [1.807, 2.05) is 18.2 Å². The van der Waals surface area contributed by atoms with Gasteiger partial charge in [0.1, 0.15) is 0 Å². The zero-order valence-electron chi connectivity index (χ0n) is 9.75. The Bertz CT molecular complexity index is 583. The van der Waals surface area contributed by atoms with Crippen molar-refractivity contribution in [3.05, 3.63) is 35.0 Å². The van der Waals surface area contributed by atoms with Crippen LogP contribution >= 0.6 is 0 Å². The lowest BCUT2D eigenvalue weighted by Gasteiger charge is -2.10. The Hall–Kier alpha value is -1.61. The first-order chi connectivity index (χ1) is 8.29. The van der Waals surface area contributed by atoms with Crippen LogP contribution in [-0.2, 0) is 12.8 Å². The zero-order valence-corrected chi connectivity index (χ0v) is 9.75. The zero-order chi connectivity index (χ0) is 11.8. The molecule has 0 atom stereocenters. The first kappa shape index (κ1) is 10.5. The number of carbonyl (C=O) groups excluding carboxylic acids is 1. The number of fused-ring (bicyclic) bond motifs is 3. The van der Waals surface area contributed by atoms with Crippen LogP contribution in [-0.4, -0.2) is 17.3 Å². The van der Waals surface area contributed by atoms with Gasteiger partial charge in [-0.1, -0.05) is 0 Å². The standard InChI is InChI=1S/C14H16N2O/c15-8-14(17)9-5-6-13-11(7-9)10-3-1-2-4-12(10)16-13/h5-7,16H,1-4,8,15H2. The number of hydrogen-bond donors (Lipinski definition) is 2. The van der Waals surface area contributed by atoms with Crippen molar-refractivity contribution in [3.8, 4) is 0 Å². The van der Waals surface area contributed by atoms with Crippen LogP contribution in [0.5, 0.6) is 0 Å². The van der Waals surface area contributed by atoms with Crippen molar-refractivity contribution >= 4 is 16.7 Å². The van der Waals surface area contributed by atoms with Gasteiger partial charge in [-0.15, -0.1) is 0 Å². The summed E-state index contributed by atoms with van der Waals surface area (Å²) in [6.45, 7) is 0.0815. The molecule has 0 amide bonds. The lowest BCUT2D eigenvalue weighted by Crippen LogP contribution is -2.13. The Morgan fingerprint density at radius 1 is 1.29 bits per heavy atom. The monoisotopic (exact) mass is 228 g/mol. The summed E-state index contributed by atoms with van der Waals surface area (Å²) in [4.78, 5) is 15.1. The van der Waals surface area contributed by atoms with Crippen molar-refractivity contribution in [2.45, 2.75) is 25.7 Å². The van der Waals surface area contributed by atoms with Crippen molar-refractivity contribution in [3.63, 3.8) is 0 Å². The molecule has 88 valence electrons. The fraction of sp³-hybridized carbons (Fsp3) is 0.357. The van der Waals surface area contributed by atoms with E-state index in [9.17, 15) is 4.79 Å². The van der Waals surface area contributed by atoms with E-state index in [0.717, 1.165) is 23.9 Å². The van der Waals surface area contributed by atoms with Crippen molar-refractivity contribution < 1.29 is 4.79 Å². The van der Waals surface area contributed by atoms with Gasteiger partial charge in [-0.25, -0.2) is 0 Å². The highest BCUT2D eigenvalue weighted by atomic mass is 16.1. The molecule has 1 aromatic carbocycles. The number of ketones is 1. The molecule has 1 aliphatic rings. The third-order valence-corrected chi connectivity index (χ3v) is 3.61. The number of Topliss-reactive ketones (excluding diaryl/α,β-unsaturated/α-hetero) is 1. The molecule has 0 saturated heterocycles. The number of aromatic amines is 1. The van der Waals surface area contributed by atoms with E-state index < -0.39 is 0 Å². The summed E-state index contributed by atoms with van der Waals surface area (Å²) in [6.07, 6.45) is 4.75. The van der Waals surface area contributed by atoms with Crippen LogP contribution in [0.1, 0.15) is 34.5 Å². The summed E-state index contributed by atoms with van der Waals surface area (Å²) in [6, 6.07) is 5.85. The van der Waals surface area contributed by atoms with Gasteiger partial charge < -0.3 is 10.7 Å². The maximum absolute atomic E-state index is 11.6. The molecule has 0 radical (unpaired) electrons. The fourth-order valence-electron chi connectivity index (χ4n) is 2.70. The van der Waals surface area contributed by atoms with Crippen molar-refractivity contribution in [1.29, 1.82) is 0 Å². The van der Waals surface area contributed by atoms with Crippen LogP contribution in [0.15, 0.2) is 18.2 Å². The maximum Gasteiger partial charge on any atom is 0.176 e. The smallest absolute Gasteiger partial charge is 0.176 e. The number of aromatic nitrogens is 1. The molecule has 3 nitrogen and oxygen atoms in total. The Balaban J connectivity index is 2.17. The number of nitrogens with two attached hydrogens (primary N) is 1. The molecule has 3 heteroatoms. The first-order valence-electron chi connectivity index (χ1n) is 6.16. The Morgan fingerprint density at radius 2 is 2.12 bits per heavy atom. The van der Waals surface area contributed by atoms with Gasteiger partial charge in [-0.05, 0) is 49.4 Å². The average molecular weight is 228 g/mol. The average Bonchev–Trinajstić information content (AvgIpc) is 2.75. The van der Waals surface area contributed by atoms with Crippen LogP contribution in [0.3, 0.4) is 0 Å². The summed E-state index contributed by atoms with van der Waals surface area (Å²) in [5.41, 5.74) is 10.0. The van der Waals surface area contributed by atoms with Gasteiger partial charge in [-0.2, -0.15) is 0 Å². The van der Waals surface area contributed by atoms with Crippen LogP contribution in [0.4, 0.5) is 0 Å². The molecule has 0 aliphatic heterocycles. The second-order valence-electron chi connectivity index (χ2n) is 4.68. The number of carbonyl (C=O) groups is 1. The van der Waals surface area contributed by atoms with E-state index >= 15 is 0 Å². The highest BCUT2D eigenvalue weighted by Gasteiger charge is 2.16. The summed E-state index contributed by atoms with van der Waals surface area (Å²) < 4.78 is 0. The minimum absolute atomic E-state index is 0.0117. The Morgan fingerprint density at radius 3 is 2.94 bits per heavy atom. The number of aryl methyl sites for hydroxylation is 2. The summed E-state index contributed by atoms with van der Waals surface area (Å²) in [5.74, 6) is 0.0117. The number of H-pyrrole nitrogens is 1.